The number of rotatable bonds is 2. The molecule has 174 valence electrons. The van der Waals surface area contributed by atoms with Crippen LogP contribution in [0.15, 0.2) is 55.0 Å². The second kappa shape index (κ2) is 9.90. The molecule has 3 heterocycles. The lowest BCUT2D eigenvalue weighted by Gasteiger charge is -2.23. The van der Waals surface area contributed by atoms with Crippen LogP contribution >= 0.6 is 0 Å². The quantitative estimate of drug-likeness (QED) is 0.580. The van der Waals surface area contributed by atoms with Gasteiger partial charge in [0.25, 0.3) is 0 Å². The van der Waals surface area contributed by atoms with E-state index in [1.807, 2.05) is 6.07 Å². The summed E-state index contributed by atoms with van der Waals surface area (Å²) < 4.78 is 56.8. The summed E-state index contributed by atoms with van der Waals surface area (Å²) in [6.45, 7) is 0.778. The second-order valence-corrected chi connectivity index (χ2v) is 7.22. The summed E-state index contributed by atoms with van der Waals surface area (Å²) in [4.78, 5) is 18.7. The molecule has 1 amide bonds. The summed E-state index contributed by atoms with van der Waals surface area (Å²) in [5.41, 5.74) is -0.290. The van der Waals surface area contributed by atoms with Crippen molar-refractivity contribution >= 4 is 5.91 Å². The minimum atomic E-state index is -4.53. The van der Waals surface area contributed by atoms with Crippen molar-refractivity contribution in [2.24, 2.45) is 0 Å². The van der Waals surface area contributed by atoms with Crippen LogP contribution in [-0.4, -0.2) is 51.9 Å². The van der Waals surface area contributed by atoms with Crippen LogP contribution in [0.3, 0.4) is 0 Å². The highest BCUT2D eigenvalue weighted by Crippen LogP contribution is 2.32. The average Bonchev–Trinajstić information content (AvgIpc) is 3.26. The van der Waals surface area contributed by atoms with Crippen molar-refractivity contribution in [2.75, 3.05) is 26.4 Å². The Morgan fingerprint density at radius 3 is 2.67 bits per heavy atom. The largest absolute Gasteiger partial charge is 0.487 e. The highest BCUT2D eigenvalue weighted by Gasteiger charge is 2.32. The molecule has 1 aromatic carbocycles. The van der Waals surface area contributed by atoms with Crippen LogP contribution in [0, 0.1) is 0 Å². The number of hydrogen-bond acceptors (Lipinski definition) is 6. The van der Waals surface area contributed by atoms with Crippen LogP contribution in [-0.2, 0) is 28.8 Å². The fourth-order valence-corrected chi connectivity index (χ4v) is 3.21. The van der Waals surface area contributed by atoms with E-state index < -0.39 is 17.6 Å². The molecule has 11 heteroatoms. The van der Waals surface area contributed by atoms with Gasteiger partial charge in [-0.15, -0.1) is 0 Å². The number of pyridine rings is 1. The Kier molecular flexibility index (Phi) is 6.78. The molecule has 0 atom stereocenters. The molecule has 0 fully saturated rings. The molecule has 33 heavy (non-hydrogen) atoms. The van der Waals surface area contributed by atoms with E-state index in [4.69, 9.17) is 14.2 Å². The Labute approximate surface area is 187 Å². The lowest BCUT2D eigenvalue weighted by Crippen LogP contribution is -2.36. The number of halogens is 3. The zero-order chi connectivity index (χ0) is 23.3. The van der Waals surface area contributed by atoms with Crippen LogP contribution in [0.1, 0.15) is 11.1 Å². The van der Waals surface area contributed by atoms with Crippen molar-refractivity contribution in [3.63, 3.8) is 0 Å². The fourth-order valence-electron chi connectivity index (χ4n) is 3.21. The number of fused-ring (bicyclic) bond motifs is 2. The highest BCUT2D eigenvalue weighted by atomic mass is 19.4. The molecular weight excluding hydrogens is 441 g/mol. The maximum Gasteiger partial charge on any atom is 0.419 e. The van der Waals surface area contributed by atoms with Crippen LogP contribution in [0.5, 0.6) is 17.4 Å². The van der Waals surface area contributed by atoms with E-state index in [-0.39, 0.29) is 39.5 Å². The van der Waals surface area contributed by atoms with E-state index in [0.717, 1.165) is 10.9 Å². The van der Waals surface area contributed by atoms with Gasteiger partial charge in [0.1, 0.15) is 13.2 Å². The Hall–Kier alpha value is -3.60. The first-order valence-electron chi connectivity index (χ1n) is 10.2. The van der Waals surface area contributed by atoms with Crippen molar-refractivity contribution in [3.8, 4) is 17.4 Å². The molecule has 3 aromatic rings. The molecular formula is C22H21F3N4O4. The number of benzene rings is 1. The summed E-state index contributed by atoms with van der Waals surface area (Å²) in [5.74, 6) is 0.872. The third-order valence-corrected chi connectivity index (χ3v) is 4.87. The SMILES string of the molecule is O=C(Cn1cc(C(F)(F)F)cn1)N1CCOCCOc2ccccc2Oc2ncccc2C1. The molecule has 1 aliphatic rings. The average molecular weight is 462 g/mol. The van der Waals surface area contributed by atoms with Gasteiger partial charge in [0.2, 0.25) is 11.8 Å². The molecule has 0 unspecified atom stereocenters. The predicted molar refractivity (Wildman–Crippen MR) is 110 cm³/mol. The number of nitrogens with zero attached hydrogens (tertiary/aromatic N) is 4. The molecule has 2 aromatic heterocycles. The van der Waals surface area contributed by atoms with E-state index >= 15 is 0 Å². The number of ether oxygens (including phenoxy) is 3. The second-order valence-electron chi connectivity index (χ2n) is 7.22. The predicted octanol–water partition coefficient (Wildman–Crippen LogP) is 3.53. The van der Waals surface area contributed by atoms with Crippen molar-refractivity contribution in [1.29, 1.82) is 0 Å². The highest BCUT2D eigenvalue weighted by molar-refractivity contribution is 5.76. The first-order valence-corrected chi connectivity index (χ1v) is 10.2. The van der Waals surface area contributed by atoms with Crippen molar-refractivity contribution in [2.45, 2.75) is 19.3 Å². The van der Waals surface area contributed by atoms with Gasteiger partial charge in [-0.3, -0.25) is 9.48 Å². The topological polar surface area (TPSA) is 78.7 Å². The molecule has 8 nitrogen and oxygen atoms in total. The lowest BCUT2D eigenvalue weighted by atomic mass is 10.2. The van der Waals surface area contributed by atoms with Gasteiger partial charge in [-0.1, -0.05) is 18.2 Å². The van der Waals surface area contributed by atoms with Gasteiger partial charge in [0.15, 0.2) is 11.5 Å². The number of para-hydroxylation sites is 2. The lowest BCUT2D eigenvalue weighted by molar-refractivity contribution is -0.138. The molecule has 0 spiro atoms. The number of aromatic nitrogens is 3. The molecule has 0 aliphatic carbocycles. The van der Waals surface area contributed by atoms with Gasteiger partial charge < -0.3 is 19.1 Å². The zero-order valence-corrected chi connectivity index (χ0v) is 17.5. The maximum atomic E-state index is 13.0. The van der Waals surface area contributed by atoms with Gasteiger partial charge in [0, 0.05) is 24.5 Å². The first kappa shape index (κ1) is 22.6. The summed E-state index contributed by atoms with van der Waals surface area (Å²) in [6, 6.07) is 10.6. The van der Waals surface area contributed by atoms with Crippen molar-refractivity contribution < 1.29 is 32.2 Å². The molecule has 0 saturated carbocycles. The smallest absolute Gasteiger partial charge is 0.419 e. The van der Waals surface area contributed by atoms with E-state index in [1.165, 1.54) is 4.90 Å². The normalized spacial score (nSPS) is 15.1. The number of amides is 1. The molecule has 0 bridgehead atoms. The van der Waals surface area contributed by atoms with Crippen LogP contribution in [0.25, 0.3) is 0 Å². The van der Waals surface area contributed by atoms with Gasteiger partial charge >= 0.3 is 6.18 Å². The van der Waals surface area contributed by atoms with E-state index in [0.29, 0.717) is 29.1 Å². The summed E-state index contributed by atoms with van der Waals surface area (Å²) in [6.07, 6.45) is -1.46. The standard InChI is InChI=1S/C22H21F3N4O4/c23-22(24,25)17-12-27-29(14-17)15-20(30)28-8-9-31-10-11-32-18-5-1-2-6-19(18)33-21-16(13-28)4-3-7-26-21/h1-7,12,14H,8-11,13,15H2. The third kappa shape index (κ3) is 5.80. The van der Waals surface area contributed by atoms with Crippen molar-refractivity contribution in [1.82, 2.24) is 19.7 Å². The van der Waals surface area contributed by atoms with Gasteiger partial charge in [-0.25, -0.2) is 4.98 Å². The Morgan fingerprint density at radius 1 is 1.06 bits per heavy atom. The molecule has 1 aliphatic heterocycles. The van der Waals surface area contributed by atoms with Gasteiger partial charge in [-0.05, 0) is 18.2 Å². The van der Waals surface area contributed by atoms with E-state index in [1.54, 1.807) is 36.5 Å². The minimum Gasteiger partial charge on any atom is -0.487 e. The third-order valence-electron chi connectivity index (χ3n) is 4.87. The fraction of sp³-hybridized carbons (Fsp3) is 0.318. The molecule has 0 saturated heterocycles. The van der Waals surface area contributed by atoms with Gasteiger partial charge in [0.05, 0.1) is 31.5 Å². The van der Waals surface area contributed by atoms with Crippen LogP contribution < -0.4 is 9.47 Å². The van der Waals surface area contributed by atoms with Crippen LogP contribution in [0.2, 0.25) is 0 Å². The summed E-state index contributed by atoms with van der Waals surface area (Å²) in [7, 11) is 0. The monoisotopic (exact) mass is 462 g/mol. The van der Waals surface area contributed by atoms with Crippen molar-refractivity contribution in [3.05, 3.63) is 66.1 Å². The number of alkyl halides is 3. The van der Waals surface area contributed by atoms with E-state index in [9.17, 15) is 18.0 Å². The first-order chi connectivity index (χ1) is 15.9. The van der Waals surface area contributed by atoms with Crippen LogP contribution in [0.4, 0.5) is 13.2 Å². The Balaban J connectivity index is 1.57. The summed E-state index contributed by atoms with van der Waals surface area (Å²) in [5, 5.41) is 3.67. The zero-order valence-electron chi connectivity index (χ0n) is 17.5. The molecule has 0 radical (unpaired) electrons. The summed E-state index contributed by atoms with van der Waals surface area (Å²) >= 11 is 0. The van der Waals surface area contributed by atoms with E-state index in [2.05, 4.69) is 10.1 Å². The minimum absolute atomic E-state index is 0.127. The molecule has 0 N–H and O–H groups in total. The number of hydrogen-bond donors (Lipinski definition) is 0. The number of carbonyl (C=O) groups is 1. The molecule has 4 rings (SSSR count). The van der Waals surface area contributed by atoms with Gasteiger partial charge in [-0.2, -0.15) is 18.3 Å². The maximum absolute atomic E-state index is 13.0. The Bertz CT molecular complexity index is 1100. The Morgan fingerprint density at radius 2 is 1.88 bits per heavy atom. The number of carbonyl (C=O) groups excluding carboxylic acids is 1.